The average molecular weight is 360 g/mol. The molecule has 1 saturated carbocycles. The number of carbonyl (C=O) groups excluding carboxylic acids is 1. The first-order valence-electron chi connectivity index (χ1n) is 7.40. The van der Waals surface area contributed by atoms with Gasteiger partial charge in [-0.25, -0.2) is 4.98 Å². The van der Waals surface area contributed by atoms with Crippen LogP contribution in [0.4, 0.5) is 0 Å². The fraction of sp³-hybridized carbons (Fsp3) is 0.533. The van der Waals surface area contributed by atoms with Crippen LogP contribution in [0.15, 0.2) is 12.3 Å². The molecule has 0 aromatic carbocycles. The summed E-state index contributed by atoms with van der Waals surface area (Å²) in [5, 5.41) is 8.33. The number of pyridine rings is 1. The lowest BCUT2D eigenvalue weighted by molar-refractivity contribution is 0.0925. The first-order valence-corrected chi connectivity index (χ1v) is 7.40. The smallest absolute Gasteiger partial charge is 0.253 e. The number of nitrogens with one attached hydrogen (secondary N) is 1. The topological polar surface area (TPSA) is 85.8 Å². The summed E-state index contributed by atoms with van der Waals surface area (Å²) >= 11 is 0. The van der Waals surface area contributed by atoms with E-state index in [1.807, 2.05) is 20.0 Å². The lowest BCUT2D eigenvalue weighted by atomic mass is 9.91. The van der Waals surface area contributed by atoms with Crippen LogP contribution in [0.25, 0.3) is 11.0 Å². The molecular formula is C15H23Cl2N5O. The molecule has 0 saturated heterocycles. The molecule has 0 unspecified atom stereocenters. The van der Waals surface area contributed by atoms with Gasteiger partial charge in [-0.1, -0.05) is 0 Å². The van der Waals surface area contributed by atoms with Crippen LogP contribution >= 0.6 is 24.8 Å². The Morgan fingerprint density at radius 3 is 2.61 bits per heavy atom. The molecule has 3 N–H and O–H groups in total. The Hall–Kier alpha value is -1.37. The van der Waals surface area contributed by atoms with Gasteiger partial charge >= 0.3 is 0 Å². The largest absolute Gasteiger partial charge is 0.349 e. The average Bonchev–Trinajstić information content (AvgIpc) is 2.76. The Morgan fingerprint density at radius 1 is 1.30 bits per heavy atom. The van der Waals surface area contributed by atoms with Crippen LogP contribution in [0.5, 0.6) is 0 Å². The minimum atomic E-state index is -0.0619. The van der Waals surface area contributed by atoms with Crippen molar-refractivity contribution in [3.63, 3.8) is 0 Å². The number of amides is 1. The van der Waals surface area contributed by atoms with Gasteiger partial charge in [0, 0.05) is 30.7 Å². The standard InChI is InChI=1S/C15H21N5O.2ClH/c1-9-13-7-10(8-17-14(13)20(2)19-9)15(21)18-12-5-3-11(16)4-6-12;;/h7-8,11-12H,3-6,16H2,1-2H3,(H,18,21);2*1H. The molecule has 0 spiro atoms. The lowest BCUT2D eigenvalue weighted by Gasteiger charge is -2.26. The molecule has 23 heavy (non-hydrogen) atoms. The number of halogens is 2. The van der Waals surface area contributed by atoms with Crippen LogP contribution in [0.1, 0.15) is 41.7 Å². The maximum absolute atomic E-state index is 12.3. The van der Waals surface area contributed by atoms with Crippen molar-refractivity contribution in [2.75, 3.05) is 0 Å². The predicted molar refractivity (Wildman–Crippen MR) is 95.4 cm³/mol. The zero-order valence-corrected chi connectivity index (χ0v) is 14.9. The van der Waals surface area contributed by atoms with Gasteiger partial charge in [0.15, 0.2) is 5.65 Å². The Bertz CT molecular complexity index is 680. The molecular weight excluding hydrogens is 337 g/mol. The molecule has 0 bridgehead atoms. The van der Waals surface area contributed by atoms with Gasteiger partial charge in [0.2, 0.25) is 0 Å². The molecule has 0 radical (unpaired) electrons. The molecule has 2 aromatic heterocycles. The predicted octanol–water partition coefficient (Wildman–Crippen LogP) is 2.12. The Labute approximate surface area is 148 Å². The summed E-state index contributed by atoms with van der Waals surface area (Å²) < 4.78 is 1.73. The van der Waals surface area contributed by atoms with Crippen molar-refractivity contribution in [3.05, 3.63) is 23.5 Å². The molecule has 0 aliphatic heterocycles. The van der Waals surface area contributed by atoms with E-state index in [0.717, 1.165) is 42.4 Å². The Morgan fingerprint density at radius 2 is 1.96 bits per heavy atom. The second kappa shape index (κ2) is 7.95. The van der Waals surface area contributed by atoms with Crippen molar-refractivity contribution in [3.8, 4) is 0 Å². The summed E-state index contributed by atoms with van der Waals surface area (Å²) in [6, 6.07) is 2.38. The number of carbonyl (C=O) groups is 1. The van der Waals surface area contributed by atoms with Gasteiger partial charge < -0.3 is 11.1 Å². The van der Waals surface area contributed by atoms with Gasteiger partial charge in [0.05, 0.1) is 11.3 Å². The summed E-state index contributed by atoms with van der Waals surface area (Å²) in [5.41, 5.74) is 8.17. The number of rotatable bonds is 2. The van der Waals surface area contributed by atoms with Crippen LogP contribution in [-0.4, -0.2) is 32.8 Å². The number of fused-ring (bicyclic) bond motifs is 1. The number of aryl methyl sites for hydroxylation is 2. The molecule has 8 heteroatoms. The maximum Gasteiger partial charge on any atom is 0.253 e. The summed E-state index contributed by atoms with van der Waals surface area (Å²) in [6.07, 6.45) is 5.48. The van der Waals surface area contributed by atoms with E-state index in [0.29, 0.717) is 5.56 Å². The van der Waals surface area contributed by atoms with Gasteiger partial charge in [-0.05, 0) is 38.7 Å². The Balaban J connectivity index is 0.00000132. The van der Waals surface area contributed by atoms with Gasteiger partial charge in [0.1, 0.15) is 0 Å². The first-order chi connectivity index (χ1) is 10.0. The molecule has 1 amide bonds. The highest BCUT2D eigenvalue weighted by molar-refractivity contribution is 5.97. The normalized spacial score (nSPS) is 20.5. The van der Waals surface area contributed by atoms with E-state index in [2.05, 4.69) is 15.4 Å². The third-order valence-corrected chi connectivity index (χ3v) is 4.23. The number of aromatic nitrogens is 3. The molecule has 0 atom stereocenters. The van der Waals surface area contributed by atoms with Gasteiger partial charge in [-0.15, -0.1) is 24.8 Å². The van der Waals surface area contributed by atoms with Crippen molar-refractivity contribution in [2.24, 2.45) is 12.8 Å². The van der Waals surface area contributed by atoms with E-state index in [-0.39, 0.29) is 42.8 Å². The summed E-state index contributed by atoms with van der Waals surface area (Å²) in [7, 11) is 1.85. The minimum absolute atomic E-state index is 0. The van der Waals surface area contributed by atoms with Crippen LogP contribution in [0.3, 0.4) is 0 Å². The van der Waals surface area contributed by atoms with Crippen LogP contribution in [0.2, 0.25) is 0 Å². The van der Waals surface area contributed by atoms with Crippen LogP contribution in [-0.2, 0) is 7.05 Å². The summed E-state index contributed by atoms with van der Waals surface area (Å²) in [4.78, 5) is 16.7. The Kier molecular flexibility index (Phi) is 6.80. The number of hydrogen-bond donors (Lipinski definition) is 2. The SMILES string of the molecule is Cc1nn(C)c2ncc(C(=O)NC3CCC(N)CC3)cc12.Cl.Cl. The number of hydrogen-bond acceptors (Lipinski definition) is 4. The van der Waals surface area contributed by atoms with Gasteiger partial charge in [-0.2, -0.15) is 5.10 Å². The van der Waals surface area contributed by atoms with E-state index >= 15 is 0 Å². The summed E-state index contributed by atoms with van der Waals surface area (Å²) in [5.74, 6) is -0.0619. The van der Waals surface area contributed by atoms with Crippen LogP contribution < -0.4 is 11.1 Å². The van der Waals surface area contributed by atoms with E-state index < -0.39 is 0 Å². The quantitative estimate of drug-likeness (QED) is 0.859. The van der Waals surface area contributed by atoms with Gasteiger partial charge in [-0.3, -0.25) is 9.48 Å². The number of nitrogens with zero attached hydrogens (tertiary/aromatic N) is 3. The first kappa shape index (κ1) is 19.7. The molecule has 2 heterocycles. The second-order valence-corrected chi connectivity index (χ2v) is 5.89. The van der Waals surface area contributed by atoms with E-state index in [1.165, 1.54) is 0 Å². The van der Waals surface area contributed by atoms with Crippen LogP contribution in [0, 0.1) is 6.92 Å². The highest BCUT2D eigenvalue weighted by Gasteiger charge is 2.21. The lowest BCUT2D eigenvalue weighted by Crippen LogP contribution is -2.40. The second-order valence-electron chi connectivity index (χ2n) is 5.89. The molecule has 1 fully saturated rings. The van der Waals surface area contributed by atoms with Crippen molar-refractivity contribution >= 4 is 41.8 Å². The molecule has 2 aromatic rings. The molecule has 1 aliphatic carbocycles. The highest BCUT2D eigenvalue weighted by atomic mass is 35.5. The molecule has 1 aliphatic rings. The fourth-order valence-electron chi connectivity index (χ4n) is 2.96. The summed E-state index contributed by atoms with van der Waals surface area (Å²) in [6.45, 7) is 1.92. The highest BCUT2D eigenvalue weighted by Crippen LogP contribution is 2.19. The van der Waals surface area contributed by atoms with Gasteiger partial charge in [0.25, 0.3) is 5.91 Å². The van der Waals surface area contributed by atoms with Crippen molar-refractivity contribution in [1.29, 1.82) is 0 Å². The minimum Gasteiger partial charge on any atom is -0.349 e. The van der Waals surface area contributed by atoms with Crippen molar-refractivity contribution in [1.82, 2.24) is 20.1 Å². The molecule has 128 valence electrons. The van der Waals surface area contributed by atoms with E-state index in [4.69, 9.17) is 5.73 Å². The third-order valence-electron chi connectivity index (χ3n) is 4.23. The maximum atomic E-state index is 12.3. The van der Waals surface area contributed by atoms with E-state index in [1.54, 1.807) is 10.9 Å². The van der Waals surface area contributed by atoms with Crippen molar-refractivity contribution < 1.29 is 4.79 Å². The van der Waals surface area contributed by atoms with E-state index in [9.17, 15) is 4.79 Å². The van der Waals surface area contributed by atoms with Crippen molar-refractivity contribution in [2.45, 2.75) is 44.7 Å². The monoisotopic (exact) mass is 359 g/mol. The third kappa shape index (κ3) is 4.13. The fourth-order valence-corrected chi connectivity index (χ4v) is 2.96. The number of nitrogens with two attached hydrogens (primary N) is 1. The molecule has 3 rings (SSSR count). The zero-order chi connectivity index (χ0) is 15.0. The molecule has 6 nitrogen and oxygen atoms in total. The zero-order valence-electron chi connectivity index (χ0n) is 13.3.